The monoisotopic (exact) mass is 187 g/mol. The van der Waals surface area contributed by atoms with E-state index < -0.39 is 0 Å². The van der Waals surface area contributed by atoms with E-state index in [1.165, 1.54) is 5.56 Å². The number of ether oxygens (including phenoxy) is 1. The lowest BCUT2D eigenvalue weighted by atomic mass is 10.1. The van der Waals surface area contributed by atoms with E-state index in [0.29, 0.717) is 6.61 Å². The van der Waals surface area contributed by atoms with Crippen molar-refractivity contribution in [3.63, 3.8) is 0 Å². The highest BCUT2D eigenvalue weighted by molar-refractivity contribution is 5.80. The predicted molar refractivity (Wildman–Crippen MR) is 57.5 cm³/mol. The third-order valence-corrected chi connectivity index (χ3v) is 2.20. The molecule has 0 amide bonds. The first-order valence-electron chi connectivity index (χ1n) is 4.74. The second-order valence-corrected chi connectivity index (χ2v) is 3.30. The molecule has 0 saturated carbocycles. The Labute approximate surface area is 83.9 Å². The molecular weight excluding hydrogens is 174 g/mol. The number of aliphatic imine (C=N–C) groups is 1. The van der Waals surface area contributed by atoms with Crippen LogP contribution in [0.25, 0.3) is 0 Å². The highest BCUT2D eigenvalue weighted by Gasteiger charge is 2.15. The molecule has 2 heteroatoms. The van der Waals surface area contributed by atoms with Crippen LogP contribution in [0.3, 0.4) is 0 Å². The van der Waals surface area contributed by atoms with Crippen LogP contribution in [0.15, 0.2) is 48.0 Å². The molecule has 0 fully saturated rings. The van der Waals surface area contributed by atoms with Gasteiger partial charge in [-0.3, -0.25) is 0 Å². The maximum absolute atomic E-state index is 5.44. The van der Waals surface area contributed by atoms with Crippen LogP contribution in [0.1, 0.15) is 5.56 Å². The van der Waals surface area contributed by atoms with E-state index in [4.69, 9.17) is 4.74 Å². The Kier molecular flexibility index (Phi) is 2.63. The predicted octanol–water partition coefficient (Wildman–Crippen LogP) is 2.21. The van der Waals surface area contributed by atoms with Gasteiger partial charge in [0.1, 0.15) is 12.6 Å². The molecule has 0 saturated heterocycles. The largest absolute Gasteiger partial charge is 0.478 e. The van der Waals surface area contributed by atoms with Crippen LogP contribution >= 0.6 is 0 Å². The first-order chi connectivity index (χ1) is 6.88. The molecule has 14 heavy (non-hydrogen) atoms. The Morgan fingerprint density at radius 1 is 1.43 bits per heavy atom. The Bertz CT molecular complexity index is 343. The summed E-state index contributed by atoms with van der Waals surface area (Å²) in [5, 5.41) is 0. The molecule has 0 bridgehead atoms. The van der Waals surface area contributed by atoms with Gasteiger partial charge >= 0.3 is 0 Å². The molecule has 1 aliphatic rings. The van der Waals surface area contributed by atoms with E-state index in [0.717, 1.165) is 12.3 Å². The zero-order valence-electron chi connectivity index (χ0n) is 8.02. The van der Waals surface area contributed by atoms with Crippen molar-refractivity contribution < 1.29 is 4.74 Å². The van der Waals surface area contributed by atoms with Crippen LogP contribution in [-0.2, 0) is 11.2 Å². The van der Waals surface area contributed by atoms with Gasteiger partial charge in [-0.25, -0.2) is 4.99 Å². The second-order valence-electron chi connectivity index (χ2n) is 3.30. The fourth-order valence-corrected chi connectivity index (χ4v) is 1.43. The molecule has 1 atom stereocenters. The van der Waals surface area contributed by atoms with Gasteiger partial charge in [-0.1, -0.05) is 36.4 Å². The minimum Gasteiger partial charge on any atom is -0.478 e. The third-order valence-electron chi connectivity index (χ3n) is 2.20. The van der Waals surface area contributed by atoms with Crippen LogP contribution in [0, 0.1) is 0 Å². The Morgan fingerprint density at radius 3 is 2.86 bits per heavy atom. The number of rotatable bonds is 3. The maximum Gasteiger partial charge on any atom is 0.188 e. The van der Waals surface area contributed by atoms with Crippen LogP contribution in [-0.4, -0.2) is 18.5 Å². The maximum atomic E-state index is 5.44. The summed E-state index contributed by atoms with van der Waals surface area (Å²) in [6, 6.07) is 10.4. The average molecular weight is 187 g/mol. The first-order valence-corrected chi connectivity index (χ1v) is 4.74. The van der Waals surface area contributed by atoms with Gasteiger partial charge in [0, 0.05) is 6.42 Å². The summed E-state index contributed by atoms with van der Waals surface area (Å²) in [5.74, 6) is 0.820. The van der Waals surface area contributed by atoms with Gasteiger partial charge in [0.2, 0.25) is 0 Å². The highest BCUT2D eigenvalue weighted by Crippen LogP contribution is 2.09. The Hall–Kier alpha value is -1.57. The molecular formula is C12H13NO. The molecule has 0 spiro atoms. The number of nitrogens with zero attached hydrogens (tertiary/aromatic N) is 1. The number of hydrogen-bond donors (Lipinski definition) is 0. The van der Waals surface area contributed by atoms with Gasteiger partial charge < -0.3 is 4.74 Å². The van der Waals surface area contributed by atoms with Crippen LogP contribution < -0.4 is 0 Å². The molecule has 0 radical (unpaired) electrons. The summed E-state index contributed by atoms with van der Waals surface area (Å²) in [5.41, 5.74) is 1.23. The minimum atomic E-state index is 0.147. The smallest absolute Gasteiger partial charge is 0.188 e. The average Bonchev–Trinajstić information content (AvgIpc) is 2.67. The van der Waals surface area contributed by atoms with E-state index in [1.54, 1.807) is 0 Å². The van der Waals surface area contributed by atoms with Crippen molar-refractivity contribution in [2.75, 3.05) is 6.61 Å². The lowest BCUT2D eigenvalue weighted by molar-refractivity contribution is 0.325. The zero-order chi connectivity index (χ0) is 9.80. The van der Waals surface area contributed by atoms with Crippen LogP contribution in [0.2, 0.25) is 0 Å². The van der Waals surface area contributed by atoms with E-state index in [1.807, 2.05) is 24.3 Å². The molecule has 1 aliphatic heterocycles. The van der Waals surface area contributed by atoms with Gasteiger partial charge in [-0.2, -0.15) is 0 Å². The molecule has 0 aliphatic carbocycles. The molecule has 0 aromatic heterocycles. The van der Waals surface area contributed by atoms with E-state index in [-0.39, 0.29) is 6.04 Å². The summed E-state index contributed by atoms with van der Waals surface area (Å²) in [7, 11) is 0. The Balaban J connectivity index is 2.03. The van der Waals surface area contributed by atoms with Crippen LogP contribution in [0.5, 0.6) is 0 Å². The topological polar surface area (TPSA) is 21.6 Å². The third kappa shape index (κ3) is 2.02. The van der Waals surface area contributed by atoms with Gasteiger partial charge in [-0.05, 0) is 5.56 Å². The summed E-state index contributed by atoms with van der Waals surface area (Å²) in [6.45, 7) is 4.34. The molecule has 1 heterocycles. The molecule has 72 valence electrons. The summed E-state index contributed by atoms with van der Waals surface area (Å²) >= 11 is 0. The van der Waals surface area contributed by atoms with E-state index in [9.17, 15) is 0 Å². The molecule has 0 N–H and O–H groups in total. The van der Waals surface area contributed by atoms with Crippen molar-refractivity contribution in [3.05, 3.63) is 48.6 Å². The van der Waals surface area contributed by atoms with Crippen molar-refractivity contribution in [2.45, 2.75) is 12.5 Å². The Morgan fingerprint density at radius 2 is 2.21 bits per heavy atom. The molecule has 2 rings (SSSR count). The normalized spacial score (nSPS) is 20.0. The molecule has 1 aromatic rings. The highest BCUT2D eigenvalue weighted by atomic mass is 16.5. The molecule has 1 unspecified atom stereocenters. The lowest BCUT2D eigenvalue weighted by Crippen LogP contribution is -2.03. The fourth-order valence-electron chi connectivity index (χ4n) is 1.43. The molecule has 1 aromatic carbocycles. The zero-order valence-corrected chi connectivity index (χ0v) is 8.02. The summed E-state index contributed by atoms with van der Waals surface area (Å²) in [6.07, 6.45) is 2.60. The SMILES string of the molecule is C=CC1COC(Cc2ccccc2)=N1. The van der Waals surface area contributed by atoms with Gasteiger partial charge in [0.25, 0.3) is 0 Å². The van der Waals surface area contributed by atoms with E-state index in [2.05, 4.69) is 23.7 Å². The van der Waals surface area contributed by atoms with E-state index >= 15 is 0 Å². The summed E-state index contributed by atoms with van der Waals surface area (Å²) < 4.78 is 5.44. The van der Waals surface area contributed by atoms with Crippen molar-refractivity contribution in [3.8, 4) is 0 Å². The quantitative estimate of drug-likeness (QED) is 0.665. The summed E-state index contributed by atoms with van der Waals surface area (Å²) in [4.78, 5) is 4.38. The molecule has 2 nitrogen and oxygen atoms in total. The lowest BCUT2D eigenvalue weighted by Gasteiger charge is -2.00. The number of benzene rings is 1. The fraction of sp³-hybridized carbons (Fsp3) is 0.250. The van der Waals surface area contributed by atoms with Crippen LogP contribution in [0.4, 0.5) is 0 Å². The van der Waals surface area contributed by atoms with Crippen molar-refractivity contribution >= 4 is 5.90 Å². The first kappa shape index (κ1) is 9.00. The second kappa shape index (κ2) is 4.09. The van der Waals surface area contributed by atoms with Gasteiger partial charge in [0.15, 0.2) is 5.90 Å². The standard InChI is InChI=1S/C12H13NO/c1-2-11-9-14-12(13-11)8-10-6-4-3-5-7-10/h2-7,11H,1,8-9H2. The van der Waals surface area contributed by atoms with Gasteiger partial charge in [0.05, 0.1) is 0 Å². The van der Waals surface area contributed by atoms with Gasteiger partial charge in [-0.15, -0.1) is 6.58 Å². The van der Waals surface area contributed by atoms with Crippen molar-refractivity contribution in [1.82, 2.24) is 0 Å². The number of hydrogen-bond acceptors (Lipinski definition) is 2. The minimum absolute atomic E-state index is 0.147. The van der Waals surface area contributed by atoms with Crippen molar-refractivity contribution in [2.24, 2.45) is 4.99 Å². The van der Waals surface area contributed by atoms with Crippen molar-refractivity contribution in [1.29, 1.82) is 0 Å².